The van der Waals surface area contributed by atoms with Crippen LogP contribution in [-0.2, 0) is 0 Å². The van der Waals surface area contributed by atoms with E-state index in [-0.39, 0.29) is 0 Å². The van der Waals surface area contributed by atoms with Gasteiger partial charge in [0, 0.05) is 6.04 Å². The van der Waals surface area contributed by atoms with Crippen molar-refractivity contribution in [2.24, 2.45) is 0 Å². The van der Waals surface area contributed by atoms with E-state index in [0.717, 1.165) is 6.04 Å². The van der Waals surface area contributed by atoms with Crippen LogP contribution in [0, 0.1) is 0 Å². The molecule has 0 aromatic rings. The molecule has 0 bridgehead atoms. The molecule has 1 atom stereocenters. The molecular weight excluding hydrogens is 208 g/mol. The molecule has 1 unspecified atom stereocenters. The number of nitrogens with one attached hydrogen (secondary N) is 1. The summed E-state index contributed by atoms with van der Waals surface area (Å²) in [5, 5.41) is 3.41. The predicted octanol–water partition coefficient (Wildman–Crippen LogP) is 3.67. The van der Waals surface area contributed by atoms with Crippen LogP contribution in [0.1, 0.15) is 65.7 Å². The van der Waals surface area contributed by atoms with Gasteiger partial charge in [0.2, 0.25) is 0 Å². The van der Waals surface area contributed by atoms with Crippen molar-refractivity contribution in [3.05, 3.63) is 0 Å². The Morgan fingerprint density at radius 2 is 1.59 bits per heavy atom. The van der Waals surface area contributed by atoms with E-state index in [1.807, 2.05) is 13.8 Å². The summed E-state index contributed by atoms with van der Waals surface area (Å²) in [6.07, 6.45) is 9.82. The van der Waals surface area contributed by atoms with Gasteiger partial charge in [-0.05, 0) is 58.8 Å². The maximum absolute atomic E-state index is 3.41. The van der Waals surface area contributed by atoms with Crippen molar-refractivity contribution in [1.29, 1.82) is 0 Å². The summed E-state index contributed by atoms with van der Waals surface area (Å²) < 4.78 is 0. The molecule has 0 amide bonds. The normalized spacial score (nSPS) is 25.1. The Hall–Kier alpha value is -0.0800. The van der Waals surface area contributed by atoms with Crippen molar-refractivity contribution in [3.8, 4) is 0 Å². The first-order chi connectivity index (χ1) is 8.33. The van der Waals surface area contributed by atoms with Gasteiger partial charge in [-0.3, -0.25) is 0 Å². The van der Waals surface area contributed by atoms with Crippen molar-refractivity contribution in [3.63, 3.8) is 0 Å². The first-order valence-electron chi connectivity index (χ1n) is 7.75. The molecule has 104 valence electrons. The Bertz CT molecular complexity index is 134. The van der Waals surface area contributed by atoms with E-state index in [9.17, 15) is 0 Å². The van der Waals surface area contributed by atoms with Crippen molar-refractivity contribution in [2.75, 3.05) is 26.7 Å². The van der Waals surface area contributed by atoms with Gasteiger partial charge in [-0.1, -0.05) is 33.6 Å². The van der Waals surface area contributed by atoms with Crippen LogP contribution < -0.4 is 5.32 Å². The summed E-state index contributed by atoms with van der Waals surface area (Å²) in [5.74, 6) is 0. The first kappa shape index (κ1) is 16.9. The predicted molar refractivity (Wildman–Crippen MR) is 78.6 cm³/mol. The van der Waals surface area contributed by atoms with Crippen LogP contribution in [0.25, 0.3) is 0 Å². The third-order valence-corrected chi connectivity index (χ3v) is 3.48. The molecule has 2 rings (SSSR count). The molecule has 1 N–H and O–H groups in total. The van der Waals surface area contributed by atoms with E-state index in [0.29, 0.717) is 0 Å². The maximum atomic E-state index is 3.41. The fraction of sp³-hybridized carbons (Fsp3) is 1.00. The monoisotopic (exact) mass is 242 g/mol. The number of hydrogen-bond donors (Lipinski definition) is 1. The Morgan fingerprint density at radius 3 is 1.94 bits per heavy atom. The van der Waals surface area contributed by atoms with Crippen molar-refractivity contribution in [1.82, 2.24) is 10.2 Å². The van der Waals surface area contributed by atoms with Gasteiger partial charge in [-0.2, -0.15) is 0 Å². The van der Waals surface area contributed by atoms with E-state index >= 15 is 0 Å². The Balaban J connectivity index is 0.000000265. The van der Waals surface area contributed by atoms with E-state index in [4.69, 9.17) is 0 Å². The molecule has 0 radical (unpaired) electrons. The lowest BCUT2D eigenvalue weighted by Crippen LogP contribution is -2.19. The highest BCUT2D eigenvalue weighted by Gasteiger charge is 2.09. The molecule has 0 aromatic carbocycles. The molecule has 0 saturated carbocycles. The average molecular weight is 242 g/mol. The van der Waals surface area contributed by atoms with Crippen LogP contribution in [0.15, 0.2) is 0 Å². The van der Waals surface area contributed by atoms with Crippen LogP contribution in [0.5, 0.6) is 0 Å². The van der Waals surface area contributed by atoms with E-state index in [1.165, 1.54) is 64.6 Å². The van der Waals surface area contributed by atoms with E-state index in [2.05, 4.69) is 24.2 Å². The zero-order valence-corrected chi connectivity index (χ0v) is 12.6. The molecule has 0 aliphatic carbocycles. The lowest BCUT2D eigenvalue weighted by atomic mass is 10.2. The third-order valence-electron chi connectivity index (χ3n) is 3.48. The largest absolute Gasteiger partial charge is 0.314 e. The van der Waals surface area contributed by atoms with E-state index < -0.39 is 0 Å². The van der Waals surface area contributed by atoms with Crippen LogP contribution >= 0.6 is 0 Å². The molecule has 2 nitrogen and oxygen atoms in total. The molecule has 2 saturated heterocycles. The van der Waals surface area contributed by atoms with Gasteiger partial charge in [-0.25, -0.2) is 0 Å². The summed E-state index contributed by atoms with van der Waals surface area (Å²) >= 11 is 0. The molecule has 2 heteroatoms. The molecule has 2 aliphatic heterocycles. The lowest BCUT2D eigenvalue weighted by molar-refractivity contribution is 0.349. The minimum Gasteiger partial charge on any atom is -0.314 e. The smallest absolute Gasteiger partial charge is 0.00649 e. The molecule has 0 spiro atoms. The van der Waals surface area contributed by atoms with Crippen molar-refractivity contribution < 1.29 is 0 Å². The minimum absolute atomic E-state index is 0.847. The highest BCUT2D eigenvalue weighted by Crippen LogP contribution is 2.07. The van der Waals surface area contributed by atoms with Crippen LogP contribution in [0.4, 0.5) is 0 Å². The summed E-state index contributed by atoms with van der Waals surface area (Å²) in [7, 11) is 2.21. The summed E-state index contributed by atoms with van der Waals surface area (Å²) in [6.45, 7) is 10.1. The van der Waals surface area contributed by atoms with Gasteiger partial charge in [0.15, 0.2) is 0 Å². The van der Waals surface area contributed by atoms with Crippen LogP contribution in [-0.4, -0.2) is 37.6 Å². The SMILES string of the molecule is CC.CCC1CCCN1.CN1CCCCCC1. The van der Waals surface area contributed by atoms with Crippen LogP contribution in [0.2, 0.25) is 0 Å². The van der Waals surface area contributed by atoms with Gasteiger partial charge in [-0.15, -0.1) is 0 Å². The first-order valence-corrected chi connectivity index (χ1v) is 7.75. The second kappa shape index (κ2) is 12.4. The minimum atomic E-state index is 0.847. The zero-order valence-electron chi connectivity index (χ0n) is 12.6. The number of likely N-dealkylation sites (tertiary alicyclic amines) is 1. The zero-order chi connectivity index (χ0) is 12.9. The van der Waals surface area contributed by atoms with Crippen molar-refractivity contribution >= 4 is 0 Å². The topological polar surface area (TPSA) is 15.3 Å². The summed E-state index contributed by atoms with van der Waals surface area (Å²) in [5.41, 5.74) is 0. The second-order valence-electron chi connectivity index (χ2n) is 4.92. The number of hydrogen-bond acceptors (Lipinski definition) is 2. The fourth-order valence-electron chi connectivity index (χ4n) is 2.33. The summed E-state index contributed by atoms with van der Waals surface area (Å²) in [6, 6.07) is 0.847. The standard InChI is InChI=1S/C7H15N.C6H13N.C2H6/c1-8-6-4-2-3-5-7-8;1-2-6-4-3-5-7-6;1-2/h2-7H2,1H3;6-7H,2-5H2,1H3;1-2H3. The van der Waals surface area contributed by atoms with Crippen molar-refractivity contribution in [2.45, 2.75) is 71.8 Å². The fourth-order valence-corrected chi connectivity index (χ4v) is 2.33. The Labute approximate surface area is 109 Å². The van der Waals surface area contributed by atoms with Gasteiger partial charge < -0.3 is 10.2 Å². The van der Waals surface area contributed by atoms with Crippen LogP contribution in [0.3, 0.4) is 0 Å². The molecule has 2 aliphatic rings. The quantitative estimate of drug-likeness (QED) is 0.755. The highest BCUT2D eigenvalue weighted by molar-refractivity contribution is 4.71. The van der Waals surface area contributed by atoms with E-state index in [1.54, 1.807) is 0 Å². The number of rotatable bonds is 1. The number of nitrogens with zero attached hydrogens (tertiary/aromatic N) is 1. The molecule has 2 fully saturated rings. The third kappa shape index (κ3) is 9.61. The summed E-state index contributed by atoms with van der Waals surface area (Å²) in [4.78, 5) is 2.42. The Kier molecular flexibility index (Phi) is 12.3. The van der Waals surface area contributed by atoms with Gasteiger partial charge >= 0.3 is 0 Å². The molecular formula is C15H34N2. The maximum Gasteiger partial charge on any atom is 0.00649 e. The molecule has 0 aromatic heterocycles. The molecule has 17 heavy (non-hydrogen) atoms. The second-order valence-corrected chi connectivity index (χ2v) is 4.92. The average Bonchev–Trinajstić information content (AvgIpc) is 2.80. The van der Waals surface area contributed by atoms with Gasteiger partial charge in [0.05, 0.1) is 0 Å². The highest BCUT2D eigenvalue weighted by atomic mass is 15.1. The van der Waals surface area contributed by atoms with Gasteiger partial charge in [0.1, 0.15) is 0 Å². The van der Waals surface area contributed by atoms with Gasteiger partial charge in [0.25, 0.3) is 0 Å². The Morgan fingerprint density at radius 1 is 1.00 bits per heavy atom. The lowest BCUT2D eigenvalue weighted by Gasteiger charge is -2.10. The molecule has 2 heterocycles.